The molecule has 0 rings (SSSR count). The SMILES string of the molecule is C=C/C(C)=C(\C=C/C)N(C)C.CC. The maximum Gasteiger partial charge on any atom is 0.0387 e. The molecule has 0 aromatic carbocycles. The molecule has 0 aliphatic rings. The Hall–Kier alpha value is -0.980. The second-order valence-electron chi connectivity index (χ2n) is 2.67. The quantitative estimate of drug-likeness (QED) is 0.601. The van der Waals surface area contributed by atoms with Crippen LogP contribution >= 0.6 is 0 Å². The number of hydrogen-bond acceptors (Lipinski definition) is 1. The Bertz CT molecular complexity index is 185. The van der Waals surface area contributed by atoms with Gasteiger partial charge in [-0.2, -0.15) is 0 Å². The van der Waals surface area contributed by atoms with Gasteiger partial charge in [-0.15, -0.1) is 0 Å². The lowest BCUT2D eigenvalue weighted by Crippen LogP contribution is -2.10. The lowest BCUT2D eigenvalue weighted by molar-refractivity contribution is 0.525. The van der Waals surface area contributed by atoms with Crippen molar-refractivity contribution >= 4 is 0 Å². The van der Waals surface area contributed by atoms with Gasteiger partial charge >= 0.3 is 0 Å². The van der Waals surface area contributed by atoms with Crippen molar-refractivity contribution in [1.82, 2.24) is 4.90 Å². The highest BCUT2D eigenvalue weighted by Gasteiger charge is 1.96. The molecule has 0 spiro atoms. The third kappa shape index (κ3) is 6.21. The van der Waals surface area contributed by atoms with E-state index in [0.717, 1.165) is 0 Å². The Morgan fingerprint density at radius 2 is 1.69 bits per heavy atom. The summed E-state index contributed by atoms with van der Waals surface area (Å²) < 4.78 is 0. The molecule has 76 valence electrons. The van der Waals surface area contributed by atoms with E-state index in [1.807, 2.05) is 47.0 Å². The van der Waals surface area contributed by atoms with Gasteiger partial charge in [0.05, 0.1) is 0 Å². The molecule has 0 radical (unpaired) electrons. The summed E-state index contributed by atoms with van der Waals surface area (Å²) in [7, 11) is 4.06. The Balaban J connectivity index is 0. The van der Waals surface area contributed by atoms with Gasteiger partial charge in [-0.05, 0) is 25.5 Å². The van der Waals surface area contributed by atoms with Gasteiger partial charge in [0.15, 0.2) is 0 Å². The second kappa shape index (κ2) is 9.11. The Labute approximate surface area is 83.5 Å². The molecule has 0 amide bonds. The highest BCUT2D eigenvalue weighted by molar-refractivity contribution is 5.28. The zero-order valence-corrected chi connectivity index (χ0v) is 9.89. The van der Waals surface area contributed by atoms with Crippen LogP contribution in [0.4, 0.5) is 0 Å². The largest absolute Gasteiger partial charge is 0.377 e. The molecule has 0 aromatic rings. The minimum absolute atomic E-state index is 1.20. The van der Waals surface area contributed by atoms with Crippen molar-refractivity contribution in [3.05, 3.63) is 36.1 Å². The van der Waals surface area contributed by atoms with Crippen LogP contribution in [0.25, 0.3) is 0 Å². The van der Waals surface area contributed by atoms with Gasteiger partial charge < -0.3 is 4.90 Å². The molecule has 0 fully saturated rings. The molecule has 0 aromatic heterocycles. The molecule has 0 unspecified atom stereocenters. The molecule has 1 nitrogen and oxygen atoms in total. The smallest absolute Gasteiger partial charge is 0.0387 e. The minimum Gasteiger partial charge on any atom is -0.377 e. The first kappa shape index (κ1) is 14.5. The van der Waals surface area contributed by atoms with E-state index in [9.17, 15) is 0 Å². The summed E-state index contributed by atoms with van der Waals surface area (Å²) in [4.78, 5) is 2.08. The third-order valence-electron chi connectivity index (χ3n) is 1.52. The van der Waals surface area contributed by atoms with E-state index in [1.165, 1.54) is 11.3 Å². The highest BCUT2D eigenvalue weighted by atomic mass is 15.1. The standard InChI is InChI=1S/C10H17N.C2H6/c1-6-8-10(11(4)5)9(3)7-2;1-2/h6-8H,2H2,1,3-5H3;1-2H3/b8-6-,10-9+;. The van der Waals surface area contributed by atoms with Gasteiger partial charge in [0.2, 0.25) is 0 Å². The molecule has 0 aliphatic carbocycles. The van der Waals surface area contributed by atoms with Crippen molar-refractivity contribution in [2.75, 3.05) is 14.1 Å². The molecular weight excluding hydrogens is 158 g/mol. The van der Waals surface area contributed by atoms with E-state index in [-0.39, 0.29) is 0 Å². The van der Waals surface area contributed by atoms with Crippen LogP contribution in [-0.2, 0) is 0 Å². The van der Waals surface area contributed by atoms with Crippen LogP contribution in [0, 0.1) is 0 Å². The summed E-state index contributed by atoms with van der Waals surface area (Å²) in [5.74, 6) is 0. The van der Waals surface area contributed by atoms with E-state index in [1.54, 1.807) is 0 Å². The van der Waals surface area contributed by atoms with Crippen molar-refractivity contribution in [2.24, 2.45) is 0 Å². The van der Waals surface area contributed by atoms with Crippen molar-refractivity contribution in [3.63, 3.8) is 0 Å². The number of hydrogen-bond donors (Lipinski definition) is 0. The first-order chi connectivity index (χ1) is 6.13. The van der Waals surface area contributed by atoms with Crippen LogP contribution in [0.5, 0.6) is 0 Å². The summed E-state index contributed by atoms with van der Waals surface area (Å²) in [6, 6.07) is 0. The Kier molecular flexibility index (Phi) is 10.2. The fourth-order valence-electron chi connectivity index (χ4n) is 0.896. The monoisotopic (exact) mass is 181 g/mol. The van der Waals surface area contributed by atoms with E-state index >= 15 is 0 Å². The third-order valence-corrected chi connectivity index (χ3v) is 1.52. The molecule has 0 N–H and O–H groups in total. The summed E-state index contributed by atoms with van der Waals surface area (Å²) in [6.45, 7) is 11.8. The van der Waals surface area contributed by atoms with Crippen LogP contribution in [0.1, 0.15) is 27.7 Å². The van der Waals surface area contributed by atoms with E-state index < -0.39 is 0 Å². The van der Waals surface area contributed by atoms with Gasteiger partial charge in [0.1, 0.15) is 0 Å². The average Bonchev–Trinajstić information content (AvgIpc) is 2.15. The second-order valence-corrected chi connectivity index (χ2v) is 2.67. The van der Waals surface area contributed by atoms with E-state index in [2.05, 4.69) is 24.5 Å². The summed E-state index contributed by atoms with van der Waals surface area (Å²) in [5.41, 5.74) is 2.41. The van der Waals surface area contributed by atoms with Gasteiger partial charge in [-0.3, -0.25) is 0 Å². The van der Waals surface area contributed by atoms with Crippen molar-refractivity contribution in [3.8, 4) is 0 Å². The van der Waals surface area contributed by atoms with Gasteiger partial charge in [0, 0.05) is 19.8 Å². The molecule has 13 heavy (non-hydrogen) atoms. The molecule has 0 saturated heterocycles. The van der Waals surface area contributed by atoms with E-state index in [0.29, 0.717) is 0 Å². The molecular formula is C12H23N. The summed E-state index contributed by atoms with van der Waals surface area (Å²) in [6.07, 6.45) is 5.98. The van der Waals surface area contributed by atoms with Crippen LogP contribution in [-0.4, -0.2) is 19.0 Å². The van der Waals surface area contributed by atoms with Crippen molar-refractivity contribution < 1.29 is 0 Å². The molecule has 0 heterocycles. The normalized spacial score (nSPS) is 11.5. The summed E-state index contributed by atoms with van der Waals surface area (Å²) >= 11 is 0. The van der Waals surface area contributed by atoms with Crippen molar-refractivity contribution in [2.45, 2.75) is 27.7 Å². The molecule has 0 atom stereocenters. The topological polar surface area (TPSA) is 3.24 Å². The maximum absolute atomic E-state index is 3.73. The predicted molar refractivity (Wildman–Crippen MR) is 62.7 cm³/mol. The minimum atomic E-state index is 1.20. The fraction of sp³-hybridized carbons (Fsp3) is 0.500. The lowest BCUT2D eigenvalue weighted by Gasteiger charge is -2.15. The molecule has 0 saturated carbocycles. The Morgan fingerprint density at radius 3 is 1.92 bits per heavy atom. The van der Waals surface area contributed by atoms with Crippen LogP contribution in [0.2, 0.25) is 0 Å². The van der Waals surface area contributed by atoms with Crippen LogP contribution < -0.4 is 0 Å². The van der Waals surface area contributed by atoms with Crippen molar-refractivity contribution in [1.29, 1.82) is 0 Å². The van der Waals surface area contributed by atoms with Gasteiger partial charge in [0.25, 0.3) is 0 Å². The molecule has 0 bridgehead atoms. The summed E-state index contributed by atoms with van der Waals surface area (Å²) in [5, 5.41) is 0. The maximum atomic E-state index is 3.73. The zero-order chi connectivity index (χ0) is 10.9. The molecule has 1 heteroatoms. The zero-order valence-electron chi connectivity index (χ0n) is 9.89. The lowest BCUT2D eigenvalue weighted by atomic mass is 10.2. The Morgan fingerprint density at radius 1 is 1.23 bits per heavy atom. The highest BCUT2D eigenvalue weighted by Crippen LogP contribution is 2.08. The van der Waals surface area contributed by atoms with Gasteiger partial charge in [-0.1, -0.05) is 32.6 Å². The average molecular weight is 181 g/mol. The number of nitrogens with zero attached hydrogens (tertiary/aromatic N) is 1. The van der Waals surface area contributed by atoms with Crippen LogP contribution in [0.15, 0.2) is 36.1 Å². The number of likely N-dealkylation sites (N-methyl/N-ethyl adjacent to an activating group) is 1. The number of rotatable bonds is 3. The van der Waals surface area contributed by atoms with E-state index in [4.69, 9.17) is 0 Å². The first-order valence-electron chi connectivity index (χ1n) is 4.76. The first-order valence-corrected chi connectivity index (χ1v) is 4.76. The fourth-order valence-corrected chi connectivity index (χ4v) is 0.896. The number of allylic oxidation sites excluding steroid dienone is 4. The predicted octanol–water partition coefficient (Wildman–Crippen LogP) is 3.61. The van der Waals surface area contributed by atoms with Gasteiger partial charge in [-0.25, -0.2) is 0 Å². The molecule has 0 aliphatic heterocycles. The van der Waals surface area contributed by atoms with Crippen LogP contribution in [0.3, 0.4) is 0 Å².